The highest BCUT2D eigenvalue weighted by atomic mass is 19.1. The molecule has 0 N–H and O–H groups in total. The zero-order valence-electron chi connectivity index (χ0n) is 20.6. The molecule has 0 saturated heterocycles. The summed E-state index contributed by atoms with van der Waals surface area (Å²) < 4.78 is 39.1. The quantitative estimate of drug-likeness (QED) is 0.258. The number of rotatable bonds is 9. The van der Waals surface area contributed by atoms with Crippen LogP contribution < -0.4 is 4.74 Å². The van der Waals surface area contributed by atoms with Crippen molar-refractivity contribution in [2.75, 3.05) is 7.11 Å². The smallest absolute Gasteiger partial charge is 0.226 e. The largest absolute Gasteiger partial charge is 0.481 e. The molecule has 0 saturated carbocycles. The van der Waals surface area contributed by atoms with Gasteiger partial charge in [-0.1, -0.05) is 29.8 Å². The normalized spacial score (nSPS) is 13.2. The number of pyridine rings is 1. The molecule has 1 atom stereocenters. The fourth-order valence-corrected chi connectivity index (χ4v) is 4.66. The van der Waals surface area contributed by atoms with Crippen LogP contribution in [-0.4, -0.2) is 22.9 Å². The van der Waals surface area contributed by atoms with Crippen molar-refractivity contribution in [3.8, 4) is 17.3 Å². The number of halogens is 2. The van der Waals surface area contributed by atoms with Gasteiger partial charge in [0.25, 0.3) is 0 Å². The number of benzene rings is 2. The third-order valence-electron chi connectivity index (χ3n) is 6.53. The predicted molar refractivity (Wildman–Crippen MR) is 136 cm³/mol. The molecule has 188 valence electrons. The average molecular weight is 501 g/mol. The van der Waals surface area contributed by atoms with Crippen molar-refractivity contribution < 1.29 is 22.7 Å². The Balaban J connectivity index is 1.39. The number of ketones is 1. The van der Waals surface area contributed by atoms with E-state index in [2.05, 4.69) is 9.97 Å². The minimum atomic E-state index is -0.661. The monoisotopic (exact) mass is 500 g/mol. The summed E-state index contributed by atoms with van der Waals surface area (Å²) in [5.74, 6) is -0.374. The summed E-state index contributed by atoms with van der Waals surface area (Å²) >= 11 is 0. The number of carbonyl (C=O) groups is 1. The first-order valence-electron chi connectivity index (χ1n) is 12.1. The van der Waals surface area contributed by atoms with Crippen LogP contribution in [0, 0.1) is 18.6 Å². The topological polar surface area (TPSA) is 65.2 Å². The van der Waals surface area contributed by atoms with Gasteiger partial charge in [0.1, 0.15) is 23.2 Å². The third-order valence-corrected chi connectivity index (χ3v) is 6.53. The molecule has 1 aliphatic rings. The molecule has 5 nitrogen and oxygen atoms in total. The van der Waals surface area contributed by atoms with Crippen molar-refractivity contribution in [1.29, 1.82) is 0 Å². The summed E-state index contributed by atoms with van der Waals surface area (Å²) in [7, 11) is 1.56. The summed E-state index contributed by atoms with van der Waals surface area (Å²) in [6.07, 6.45) is 4.86. The van der Waals surface area contributed by atoms with E-state index in [1.165, 1.54) is 12.1 Å². The number of methoxy groups -OCH3 is 1. The van der Waals surface area contributed by atoms with Crippen LogP contribution in [0.5, 0.6) is 5.88 Å². The molecule has 0 aliphatic heterocycles. The van der Waals surface area contributed by atoms with Gasteiger partial charge in [-0.25, -0.2) is 18.7 Å². The van der Waals surface area contributed by atoms with E-state index >= 15 is 0 Å². The van der Waals surface area contributed by atoms with Crippen LogP contribution in [0.4, 0.5) is 8.78 Å². The van der Waals surface area contributed by atoms with Crippen LogP contribution in [0.3, 0.4) is 0 Å². The van der Waals surface area contributed by atoms with E-state index in [9.17, 15) is 13.6 Å². The number of aromatic nitrogens is 2. The zero-order valence-corrected chi connectivity index (χ0v) is 20.6. The van der Waals surface area contributed by atoms with Gasteiger partial charge in [-0.3, -0.25) is 4.79 Å². The van der Waals surface area contributed by atoms with Crippen LogP contribution in [-0.2, 0) is 17.6 Å². The Labute approximate surface area is 213 Å². The molecule has 1 unspecified atom stereocenters. The second-order valence-corrected chi connectivity index (χ2v) is 9.33. The summed E-state index contributed by atoms with van der Waals surface area (Å²) in [4.78, 5) is 22.2. The SMILES string of the molecule is COc1ccc2c(n1)C(CC(=O)CC(Cc1cc(F)cc(F)c1)c1cnc(-c3ccc(C)cc3)o1)=CC2. The number of ether oxygens (including phenoxy) is 1. The molecule has 5 rings (SSSR count). The molecule has 1 aliphatic carbocycles. The molecule has 0 amide bonds. The second kappa shape index (κ2) is 10.5. The molecule has 4 aromatic rings. The minimum Gasteiger partial charge on any atom is -0.481 e. The van der Waals surface area contributed by atoms with Crippen molar-refractivity contribution in [3.05, 3.63) is 107 Å². The molecule has 0 bridgehead atoms. The number of allylic oxidation sites excluding steroid dienone is 2. The summed E-state index contributed by atoms with van der Waals surface area (Å²) in [5.41, 5.74) is 5.05. The van der Waals surface area contributed by atoms with E-state index in [-0.39, 0.29) is 25.0 Å². The zero-order chi connectivity index (χ0) is 25.9. The van der Waals surface area contributed by atoms with Gasteiger partial charge in [0.05, 0.1) is 19.0 Å². The fraction of sp³-hybridized carbons (Fsp3) is 0.233. The number of aryl methyl sites for hydroxylation is 1. The van der Waals surface area contributed by atoms with Crippen molar-refractivity contribution >= 4 is 11.4 Å². The Bertz CT molecular complexity index is 1450. The number of oxazole rings is 1. The van der Waals surface area contributed by atoms with E-state index < -0.39 is 17.6 Å². The van der Waals surface area contributed by atoms with E-state index in [1.54, 1.807) is 19.4 Å². The Morgan fingerprint density at radius 2 is 1.84 bits per heavy atom. The van der Waals surface area contributed by atoms with Crippen LogP contribution >= 0.6 is 0 Å². The van der Waals surface area contributed by atoms with Gasteiger partial charge in [-0.2, -0.15) is 0 Å². The second-order valence-electron chi connectivity index (χ2n) is 9.33. The number of hydrogen-bond donors (Lipinski definition) is 0. The van der Waals surface area contributed by atoms with Gasteiger partial charge in [-0.05, 0) is 60.7 Å². The standard InChI is InChI=1S/C30H26F2N2O3/c1-18-3-5-21(6-4-18)30-33-17-27(37-30)23(11-19-12-24(31)16-25(32)13-19)15-26(35)14-22-8-7-20-9-10-28(36-2)34-29(20)22/h3-6,8-10,12-13,16-17,23H,7,11,14-15H2,1-2H3. The number of fused-ring (bicyclic) bond motifs is 1. The lowest BCUT2D eigenvalue weighted by molar-refractivity contribution is -0.118. The average Bonchev–Trinajstić information content (AvgIpc) is 3.51. The Kier molecular flexibility index (Phi) is 6.95. The van der Waals surface area contributed by atoms with Gasteiger partial charge in [0, 0.05) is 36.5 Å². The highest BCUT2D eigenvalue weighted by Crippen LogP contribution is 2.34. The molecule has 2 aromatic carbocycles. The summed E-state index contributed by atoms with van der Waals surface area (Å²) in [6, 6.07) is 14.9. The maximum Gasteiger partial charge on any atom is 0.226 e. The third kappa shape index (κ3) is 5.66. The molecule has 0 spiro atoms. The lowest BCUT2D eigenvalue weighted by Gasteiger charge is -2.15. The number of Topliss-reactive ketones (excluding diaryl/α,β-unsaturated/α-hetero) is 1. The Hall–Kier alpha value is -4.13. The molecule has 0 fully saturated rings. The molecular weight excluding hydrogens is 474 g/mol. The van der Waals surface area contributed by atoms with Gasteiger partial charge in [0.2, 0.25) is 11.8 Å². The van der Waals surface area contributed by atoms with Crippen LogP contribution in [0.2, 0.25) is 0 Å². The Morgan fingerprint density at radius 1 is 1.08 bits per heavy atom. The molecule has 0 radical (unpaired) electrons. The van der Waals surface area contributed by atoms with Crippen molar-refractivity contribution in [2.24, 2.45) is 0 Å². The summed E-state index contributed by atoms with van der Waals surface area (Å²) in [6.45, 7) is 1.99. The molecular formula is C30H26F2N2O3. The van der Waals surface area contributed by atoms with E-state index in [0.717, 1.165) is 34.0 Å². The van der Waals surface area contributed by atoms with Gasteiger partial charge in [0.15, 0.2) is 0 Å². The van der Waals surface area contributed by atoms with Crippen LogP contribution in [0.1, 0.15) is 46.9 Å². The lowest BCUT2D eigenvalue weighted by Crippen LogP contribution is -2.10. The van der Waals surface area contributed by atoms with E-state index in [0.29, 0.717) is 29.5 Å². The van der Waals surface area contributed by atoms with Crippen molar-refractivity contribution in [1.82, 2.24) is 9.97 Å². The van der Waals surface area contributed by atoms with Crippen LogP contribution in [0.15, 0.2) is 71.3 Å². The molecule has 2 heterocycles. The maximum absolute atomic E-state index is 13.9. The minimum absolute atomic E-state index is 0.0288. The first-order valence-corrected chi connectivity index (χ1v) is 12.1. The number of carbonyl (C=O) groups excluding carboxylic acids is 1. The number of nitrogens with zero attached hydrogens (tertiary/aromatic N) is 2. The van der Waals surface area contributed by atoms with Crippen LogP contribution in [0.25, 0.3) is 17.0 Å². The fourth-order valence-electron chi connectivity index (χ4n) is 4.66. The highest BCUT2D eigenvalue weighted by molar-refractivity contribution is 5.91. The first kappa shape index (κ1) is 24.6. The van der Waals surface area contributed by atoms with E-state index in [4.69, 9.17) is 9.15 Å². The highest BCUT2D eigenvalue weighted by Gasteiger charge is 2.25. The van der Waals surface area contributed by atoms with Gasteiger partial charge in [-0.15, -0.1) is 0 Å². The van der Waals surface area contributed by atoms with Crippen molar-refractivity contribution in [3.63, 3.8) is 0 Å². The predicted octanol–water partition coefficient (Wildman–Crippen LogP) is 6.65. The first-order chi connectivity index (χ1) is 17.9. The van der Waals surface area contributed by atoms with Gasteiger partial charge >= 0.3 is 0 Å². The van der Waals surface area contributed by atoms with Gasteiger partial charge < -0.3 is 9.15 Å². The maximum atomic E-state index is 13.9. The molecule has 7 heteroatoms. The molecule has 2 aromatic heterocycles. The number of hydrogen-bond acceptors (Lipinski definition) is 5. The van der Waals surface area contributed by atoms with Crippen molar-refractivity contribution in [2.45, 2.75) is 38.5 Å². The lowest BCUT2D eigenvalue weighted by atomic mass is 9.90. The van der Waals surface area contributed by atoms with E-state index in [1.807, 2.05) is 43.3 Å². The summed E-state index contributed by atoms with van der Waals surface area (Å²) in [5, 5.41) is 0. The Morgan fingerprint density at radius 3 is 2.57 bits per heavy atom. The molecule has 37 heavy (non-hydrogen) atoms.